The average molecular weight is 283 g/mol. The van der Waals surface area contributed by atoms with Gasteiger partial charge in [-0.15, -0.1) is 0 Å². The normalized spacial score (nSPS) is 11.9. The number of rotatable bonds is 7. The van der Waals surface area contributed by atoms with Gasteiger partial charge in [0.1, 0.15) is 6.04 Å². The smallest absolute Gasteiger partial charge is 0.326 e. The second kappa shape index (κ2) is 7.81. The quantitative estimate of drug-likeness (QED) is 0.698. The van der Waals surface area contributed by atoms with E-state index in [4.69, 9.17) is 10.2 Å². The Balaban J connectivity index is 2.67. The number of hydrogen-bond acceptors (Lipinski definition) is 4. The van der Waals surface area contributed by atoms with Crippen LogP contribution in [0.3, 0.4) is 0 Å². The van der Waals surface area contributed by atoms with Gasteiger partial charge in [0.15, 0.2) is 0 Å². The lowest BCUT2D eigenvalue weighted by molar-refractivity contribution is -0.139. The number of carbonyl (C=O) groups excluding carboxylic acids is 1. The molecule has 1 amide bonds. The molecule has 5 nitrogen and oxygen atoms in total. The molecule has 0 radical (unpaired) electrons. The minimum absolute atomic E-state index is 0.0899. The van der Waals surface area contributed by atoms with Crippen LogP contribution in [-0.2, 0) is 11.4 Å². The summed E-state index contributed by atoms with van der Waals surface area (Å²) in [5, 5.41) is 20.4. The highest BCUT2D eigenvalue weighted by Gasteiger charge is 2.19. The Kier molecular flexibility index (Phi) is 6.38. The van der Waals surface area contributed by atoms with Crippen LogP contribution in [0.2, 0.25) is 0 Å². The van der Waals surface area contributed by atoms with E-state index in [1.807, 2.05) is 6.26 Å². The predicted octanol–water partition coefficient (Wildman–Crippen LogP) is 1.11. The molecular formula is C13H17NO4S. The third kappa shape index (κ3) is 4.92. The first-order valence-electron chi connectivity index (χ1n) is 5.81. The Morgan fingerprint density at radius 3 is 2.42 bits per heavy atom. The van der Waals surface area contributed by atoms with Gasteiger partial charge in [-0.2, -0.15) is 11.8 Å². The topological polar surface area (TPSA) is 86.6 Å². The first kappa shape index (κ1) is 15.5. The summed E-state index contributed by atoms with van der Waals surface area (Å²) < 4.78 is 0. The number of carboxylic acids is 1. The number of amides is 1. The van der Waals surface area contributed by atoms with E-state index in [2.05, 4.69) is 5.32 Å². The van der Waals surface area contributed by atoms with Crippen molar-refractivity contribution in [3.63, 3.8) is 0 Å². The van der Waals surface area contributed by atoms with Gasteiger partial charge in [0.05, 0.1) is 6.61 Å². The van der Waals surface area contributed by atoms with Crippen molar-refractivity contribution in [1.82, 2.24) is 5.32 Å². The van der Waals surface area contributed by atoms with Gasteiger partial charge in [-0.1, -0.05) is 12.1 Å². The van der Waals surface area contributed by atoms with Crippen LogP contribution >= 0.6 is 11.8 Å². The van der Waals surface area contributed by atoms with Gasteiger partial charge >= 0.3 is 5.97 Å². The number of aliphatic carboxylic acids is 1. The molecule has 0 saturated heterocycles. The molecule has 19 heavy (non-hydrogen) atoms. The second-order valence-electron chi connectivity index (χ2n) is 4.00. The van der Waals surface area contributed by atoms with Crippen LogP contribution in [-0.4, -0.2) is 40.1 Å². The van der Waals surface area contributed by atoms with Gasteiger partial charge in [-0.05, 0) is 36.1 Å². The first-order chi connectivity index (χ1) is 9.08. The van der Waals surface area contributed by atoms with Gasteiger partial charge in [-0.3, -0.25) is 4.79 Å². The molecule has 1 aromatic rings. The summed E-state index contributed by atoms with van der Waals surface area (Å²) in [5.74, 6) is -0.784. The number of carbonyl (C=O) groups is 2. The zero-order chi connectivity index (χ0) is 14.3. The van der Waals surface area contributed by atoms with Crippen LogP contribution in [0, 0.1) is 0 Å². The Bertz CT molecular complexity index is 433. The van der Waals surface area contributed by atoms with Crippen LogP contribution < -0.4 is 5.32 Å². The van der Waals surface area contributed by atoms with E-state index < -0.39 is 17.9 Å². The molecule has 1 aromatic carbocycles. The van der Waals surface area contributed by atoms with Gasteiger partial charge in [-0.25, -0.2) is 4.79 Å². The summed E-state index contributed by atoms with van der Waals surface area (Å²) in [6, 6.07) is 5.51. The van der Waals surface area contributed by atoms with E-state index >= 15 is 0 Å². The van der Waals surface area contributed by atoms with Gasteiger partial charge in [0.2, 0.25) is 0 Å². The molecule has 0 heterocycles. The third-order valence-electron chi connectivity index (χ3n) is 2.61. The number of nitrogens with one attached hydrogen (secondary N) is 1. The predicted molar refractivity (Wildman–Crippen MR) is 74.3 cm³/mol. The van der Waals surface area contributed by atoms with E-state index in [1.165, 1.54) is 11.8 Å². The minimum Gasteiger partial charge on any atom is -0.480 e. The van der Waals surface area contributed by atoms with Crippen molar-refractivity contribution in [2.75, 3.05) is 12.0 Å². The molecule has 0 saturated carbocycles. The van der Waals surface area contributed by atoms with Crippen molar-refractivity contribution in [3.8, 4) is 0 Å². The maximum Gasteiger partial charge on any atom is 0.326 e. The van der Waals surface area contributed by atoms with Gasteiger partial charge in [0.25, 0.3) is 5.91 Å². The van der Waals surface area contributed by atoms with Crippen molar-refractivity contribution in [1.29, 1.82) is 0 Å². The highest BCUT2D eigenvalue weighted by molar-refractivity contribution is 7.98. The first-order valence-corrected chi connectivity index (χ1v) is 7.20. The highest BCUT2D eigenvalue weighted by atomic mass is 32.2. The Morgan fingerprint density at radius 2 is 1.95 bits per heavy atom. The molecule has 1 atom stereocenters. The molecule has 0 aromatic heterocycles. The molecule has 0 spiro atoms. The number of hydrogen-bond donors (Lipinski definition) is 3. The SMILES string of the molecule is CSCC[C@@H](NC(=O)c1ccc(CO)cc1)C(=O)O. The van der Waals surface area contributed by atoms with Crippen molar-refractivity contribution >= 4 is 23.6 Å². The summed E-state index contributed by atoms with van der Waals surface area (Å²) in [6.07, 6.45) is 2.27. The lowest BCUT2D eigenvalue weighted by Gasteiger charge is -2.14. The lowest BCUT2D eigenvalue weighted by atomic mass is 10.1. The maximum atomic E-state index is 11.9. The Morgan fingerprint density at radius 1 is 1.32 bits per heavy atom. The standard InChI is InChI=1S/C13H17NO4S/c1-19-7-6-11(13(17)18)14-12(16)10-4-2-9(8-15)3-5-10/h2-5,11,15H,6-8H2,1H3,(H,14,16)(H,17,18)/t11-/m1/s1. The number of aliphatic hydroxyl groups excluding tert-OH is 1. The molecule has 0 bridgehead atoms. The molecule has 0 aliphatic heterocycles. The van der Waals surface area contributed by atoms with Gasteiger partial charge in [0, 0.05) is 5.56 Å². The fraction of sp³-hybridized carbons (Fsp3) is 0.385. The molecule has 0 aliphatic rings. The summed E-state index contributed by atoms with van der Waals surface area (Å²) in [5.41, 5.74) is 1.08. The molecule has 0 aliphatic carbocycles. The number of carboxylic acid groups (broad SMARTS) is 1. The number of aliphatic hydroxyl groups is 1. The van der Waals surface area contributed by atoms with E-state index in [9.17, 15) is 9.59 Å². The van der Waals surface area contributed by atoms with E-state index in [0.717, 1.165) is 0 Å². The van der Waals surface area contributed by atoms with Crippen LogP contribution in [0.25, 0.3) is 0 Å². The Hall–Kier alpha value is -1.53. The maximum absolute atomic E-state index is 11.9. The second-order valence-corrected chi connectivity index (χ2v) is 4.99. The average Bonchev–Trinajstić information content (AvgIpc) is 2.43. The van der Waals surface area contributed by atoms with Crippen molar-refractivity contribution in [3.05, 3.63) is 35.4 Å². The molecule has 6 heteroatoms. The molecular weight excluding hydrogens is 266 g/mol. The van der Waals surface area contributed by atoms with E-state index in [0.29, 0.717) is 23.3 Å². The fourth-order valence-corrected chi connectivity index (χ4v) is 1.97. The van der Waals surface area contributed by atoms with E-state index in [-0.39, 0.29) is 6.61 Å². The monoisotopic (exact) mass is 283 g/mol. The van der Waals surface area contributed by atoms with E-state index in [1.54, 1.807) is 24.3 Å². The third-order valence-corrected chi connectivity index (χ3v) is 3.26. The van der Waals surface area contributed by atoms with Crippen molar-refractivity contribution in [2.24, 2.45) is 0 Å². The fourth-order valence-electron chi connectivity index (χ4n) is 1.50. The van der Waals surface area contributed by atoms with Crippen molar-refractivity contribution in [2.45, 2.75) is 19.1 Å². The van der Waals surface area contributed by atoms with Crippen LogP contribution in [0.15, 0.2) is 24.3 Å². The molecule has 0 fully saturated rings. The summed E-state index contributed by atoms with van der Waals surface area (Å²) in [4.78, 5) is 22.9. The van der Waals surface area contributed by atoms with Crippen LogP contribution in [0.1, 0.15) is 22.3 Å². The number of thioether (sulfide) groups is 1. The van der Waals surface area contributed by atoms with Gasteiger partial charge < -0.3 is 15.5 Å². The summed E-state index contributed by atoms with van der Waals surface area (Å²) >= 11 is 1.53. The molecule has 1 rings (SSSR count). The molecule has 3 N–H and O–H groups in total. The van der Waals surface area contributed by atoms with Crippen LogP contribution in [0.4, 0.5) is 0 Å². The zero-order valence-electron chi connectivity index (χ0n) is 10.6. The number of benzene rings is 1. The Labute approximate surface area is 116 Å². The summed E-state index contributed by atoms with van der Waals surface area (Å²) in [6.45, 7) is -0.0899. The largest absolute Gasteiger partial charge is 0.480 e. The van der Waals surface area contributed by atoms with Crippen molar-refractivity contribution < 1.29 is 19.8 Å². The summed E-state index contributed by atoms with van der Waals surface area (Å²) in [7, 11) is 0. The van der Waals surface area contributed by atoms with Crippen LogP contribution in [0.5, 0.6) is 0 Å². The molecule has 0 unspecified atom stereocenters. The highest BCUT2D eigenvalue weighted by Crippen LogP contribution is 2.06. The molecule has 104 valence electrons. The lowest BCUT2D eigenvalue weighted by Crippen LogP contribution is -2.41. The zero-order valence-corrected chi connectivity index (χ0v) is 11.4. The minimum atomic E-state index is -1.03.